The van der Waals surface area contributed by atoms with Crippen molar-refractivity contribution in [1.82, 2.24) is 10.3 Å². The summed E-state index contributed by atoms with van der Waals surface area (Å²) in [4.78, 5) is 21.6. The van der Waals surface area contributed by atoms with Crippen LogP contribution in [0.2, 0.25) is 0 Å². The van der Waals surface area contributed by atoms with Gasteiger partial charge in [-0.25, -0.2) is 4.98 Å². The third-order valence-electron chi connectivity index (χ3n) is 7.66. The van der Waals surface area contributed by atoms with Gasteiger partial charge in [0.05, 0.1) is 5.69 Å². The Hall–Kier alpha value is -2.60. The van der Waals surface area contributed by atoms with Gasteiger partial charge in [0.25, 0.3) is 5.91 Å². The van der Waals surface area contributed by atoms with E-state index in [9.17, 15) is 4.79 Å². The Morgan fingerprint density at radius 1 is 1.12 bits per heavy atom. The summed E-state index contributed by atoms with van der Waals surface area (Å²) in [7, 11) is 0. The largest absolute Gasteiger partial charge is 0.397 e. The number of carbonyl (C=O) groups excluding carboxylic acids is 1. The zero-order chi connectivity index (χ0) is 21.8. The highest BCUT2D eigenvalue weighted by Gasteiger charge is 2.33. The Morgan fingerprint density at radius 2 is 1.94 bits per heavy atom. The van der Waals surface area contributed by atoms with Gasteiger partial charge >= 0.3 is 0 Å². The number of nitrogens with zero attached hydrogens (tertiary/aromatic N) is 2. The van der Waals surface area contributed by atoms with E-state index in [2.05, 4.69) is 33.4 Å². The molecule has 2 bridgehead atoms. The van der Waals surface area contributed by atoms with E-state index in [0.717, 1.165) is 47.0 Å². The first kappa shape index (κ1) is 20.0. The van der Waals surface area contributed by atoms with Crippen molar-refractivity contribution in [1.29, 1.82) is 0 Å². The van der Waals surface area contributed by atoms with Crippen molar-refractivity contribution in [3.8, 4) is 0 Å². The minimum atomic E-state index is -0.0722. The van der Waals surface area contributed by atoms with Gasteiger partial charge in [-0.05, 0) is 92.7 Å². The Morgan fingerprint density at radius 3 is 2.75 bits per heavy atom. The van der Waals surface area contributed by atoms with Crippen LogP contribution in [0, 0.1) is 18.8 Å². The second-order valence-corrected chi connectivity index (χ2v) is 11.0. The smallest absolute Gasteiger partial charge is 0.263 e. The molecule has 1 amide bonds. The van der Waals surface area contributed by atoms with E-state index in [1.165, 1.54) is 60.5 Å². The molecular formula is C26H30N4OS. The highest BCUT2D eigenvalue weighted by atomic mass is 32.1. The molecule has 1 saturated carbocycles. The van der Waals surface area contributed by atoms with Gasteiger partial charge in [0.2, 0.25) is 0 Å². The van der Waals surface area contributed by atoms with E-state index >= 15 is 0 Å². The quantitative estimate of drug-likeness (QED) is 0.611. The first-order chi connectivity index (χ1) is 15.5. The molecule has 1 aromatic carbocycles. The van der Waals surface area contributed by atoms with Crippen LogP contribution < -0.4 is 16.0 Å². The van der Waals surface area contributed by atoms with Gasteiger partial charge < -0.3 is 16.0 Å². The lowest BCUT2D eigenvalue weighted by Crippen LogP contribution is -2.39. The van der Waals surface area contributed by atoms with Gasteiger partial charge in [-0.15, -0.1) is 11.3 Å². The first-order valence-corrected chi connectivity index (χ1v) is 12.7. The number of hydrogen-bond donors (Lipinski definition) is 2. The maximum atomic E-state index is 13.0. The Labute approximate surface area is 193 Å². The number of thiophene rings is 1. The van der Waals surface area contributed by atoms with E-state index in [-0.39, 0.29) is 11.9 Å². The first-order valence-electron chi connectivity index (χ1n) is 11.9. The van der Waals surface area contributed by atoms with Crippen LogP contribution in [-0.4, -0.2) is 30.0 Å². The number of amides is 1. The predicted molar refractivity (Wildman–Crippen MR) is 132 cm³/mol. The molecule has 6 rings (SSSR count). The number of aromatic nitrogens is 1. The minimum Gasteiger partial charge on any atom is -0.397 e. The average molecular weight is 447 g/mol. The van der Waals surface area contributed by atoms with Crippen LogP contribution in [0.1, 0.15) is 52.2 Å². The number of anilines is 2. The lowest BCUT2D eigenvalue weighted by molar-refractivity contribution is 0.0938. The molecule has 3 aromatic rings. The maximum absolute atomic E-state index is 13.0. The summed E-state index contributed by atoms with van der Waals surface area (Å²) < 4.78 is 0. The Balaban J connectivity index is 1.16. The van der Waals surface area contributed by atoms with Crippen molar-refractivity contribution in [3.05, 3.63) is 52.0 Å². The molecule has 2 fully saturated rings. The summed E-state index contributed by atoms with van der Waals surface area (Å²) in [5.74, 6) is 1.71. The van der Waals surface area contributed by atoms with E-state index in [1.807, 2.05) is 19.1 Å². The molecule has 3 atom stereocenters. The van der Waals surface area contributed by atoms with Crippen molar-refractivity contribution in [2.75, 3.05) is 23.7 Å². The summed E-state index contributed by atoms with van der Waals surface area (Å²) >= 11 is 1.39. The lowest BCUT2D eigenvalue weighted by Gasteiger charge is -2.35. The SMILES string of the molecule is Cc1ccc2c(N)c(C(=O)N[C@@H]3CCc4cc(N5CC6CCC(C6)C5)ccc4C3)sc2n1. The van der Waals surface area contributed by atoms with Crippen LogP contribution in [0.15, 0.2) is 30.3 Å². The molecule has 3 heterocycles. The number of nitrogen functional groups attached to an aromatic ring is 1. The van der Waals surface area contributed by atoms with E-state index in [0.29, 0.717) is 10.6 Å². The molecule has 2 aromatic heterocycles. The number of fused-ring (bicyclic) bond motifs is 4. The molecule has 5 nitrogen and oxygen atoms in total. The molecule has 166 valence electrons. The van der Waals surface area contributed by atoms with Crippen molar-refractivity contribution in [2.24, 2.45) is 11.8 Å². The number of benzene rings is 1. The minimum absolute atomic E-state index is 0.0722. The van der Waals surface area contributed by atoms with E-state index < -0.39 is 0 Å². The van der Waals surface area contributed by atoms with Crippen LogP contribution in [0.5, 0.6) is 0 Å². The van der Waals surface area contributed by atoms with Crippen LogP contribution in [0.3, 0.4) is 0 Å². The fraction of sp³-hybridized carbons (Fsp3) is 0.462. The molecule has 2 unspecified atom stereocenters. The van der Waals surface area contributed by atoms with Gasteiger partial charge in [0.1, 0.15) is 9.71 Å². The van der Waals surface area contributed by atoms with Gasteiger partial charge in [-0.1, -0.05) is 6.07 Å². The topological polar surface area (TPSA) is 71.2 Å². The van der Waals surface area contributed by atoms with E-state index in [4.69, 9.17) is 5.73 Å². The van der Waals surface area contributed by atoms with Crippen LogP contribution in [-0.2, 0) is 12.8 Å². The number of piperidine rings is 1. The number of nitrogens with one attached hydrogen (secondary N) is 1. The molecule has 2 aliphatic carbocycles. The number of pyridine rings is 1. The molecule has 3 aliphatic rings. The monoisotopic (exact) mass is 446 g/mol. The van der Waals surface area contributed by atoms with Crippen molar-refractivity contribution < 1.29 is 4.79 Å². The molecule has 3 N–H and O–H groups in total. The predicted octanol–water partition coefficient (Wildman–Crippen LogP) is 4.71. The normalized spacial score (nSPS) is 24.5. The van der Waals surface area contributed by atoms with Gasteiger partial charge in [0.15, 0.2) is 0 Å². The highest BCUT2D eigenvalue weighted by Crippen LogP contribution is 2.39. The molecule has 6 heteroatoms. The lowest BCUT2D eigenvalue weighted by atomic mass is 9.87. The summed E-state index contributed by atoms with van der Waals surface area (Å²) in [5, 5.41) is 4.12. The number of hydrogen-bond acceptors (Lipinski definition) is 5. The van der Waals surface area contributed by atoms with Crippen LogP contribution >= 0.6 is 11.3 Å². The molecule has 32 heavy (non-hydrogen) atoms. The zero-order valence-electron chi connectivity index (χ0n) is 18.6. The van der Waals surface area contributed by atoms with Gasteiger partial charge in [0, 0.05) is 35.9 Å². The summed E-state index contributed by atoms with van der Waals surface area (Å²) in [6.07, 6.45) is 7.12. The van der Waals surface area contributed by atoms with Gasteiger partial charge in [-0.2, -0.15) is 0 Å². The second kappa shape index (κ2) is 7.77. The number of nitrogens with two attached hydrogens (primary N) is 1. The fourth-order valence-electron chi connectivity index (χ4n) is 5.99. The van der Waals surface area contributed by atoms with Crippen molar-refractivity contribution >= 4 is 38.8 Å². The van der Waals surface area contributed by atoms with E-state index in [1.54, 1.807) is 0 Å². The third-order valence-corrected chi connectivity index (χ3v) is 8.78. The maximum Gasteiger partial charge on any atom is 0.263 e. The summed E-state index contributed by atoms with van der Waals surface area (Å²) in [6, 6.07) is 11.0. The van der Waals surface area contributed by atoms with Crippen LogP contribution in [0.4, 0.5) is 11.4 Å². The summed E-state index contributed by atoms with van der Waals surface area (Å²) in [5.41, 5.74) is 12.0. The third kappa shape index (κ3) is 3.54. The Bertz CT molecular complexity index is 1190. The van der Waals surface area contributed by atoms with Crippen LogP contribution in [0.25, 0.3) is 10.2 Å². The zero-order valence-corrected chi connectivity index (χ0v) is 19.4. The second-order valence-electron chi connectivity index (χ2n) is 9.97. The molecule has 1 aliphatic heterocycles. The van der Waals surface area contributed by atoms with Crippen molar-refractivity contribution in [2.45, 2.75) is 51.5 Å². The summed E-state index contributed by atoms with van der Waals surface area (Å²) in [6.45, 7) is 4.40. The fourth-order valence-corrected chi connectivity index (χ4v) is 7.03. The average Bonchev–Trinajstić information content (AvgIpc) is 3.30. The Kier molecular flexibility index (Phi) is 4.86. The molecule has 1 saturated heterocycles. The number of aryl methyl sites for hydroxylation is 2. The molecule has 0 radical (unpaired) electrons. The number of rotatable bonds is 3. The standard InChI is InChI=1S/C26H30N4OS/c1-15-2-9-22-23(27)24(32-26(22)28-15)25(31)29-20-7-5-19-12-21(8-6-18(19)11-20)30-13-16-3-4-17(10-16)14-30/h2,6,8-9,12,16-17,20H,3-5,7,10-11,13-14,27H2,1H3,(H,29,31)/t16?,17?,20-/m1/s1. The molecule has 0 spiro atoms. The van der Waals surface area contributed by atoms with Crippen molar-refractivity contribution in [3.63, 3.8) is 0 Å². The highest BCUT2D eigenvalue weighted by molar-refractivity contribution is 7.21. The number of carbonyl (C=O) groups is 1. The molecular weight excluding hydrogens is 416 g/mol. The van der Waals surface area contributed by atoms with Gasteiger partial charge in [-0.3, -0.25) is 4.79 Å².